The maximum Gasteiger partial charge on any atom is 0.133 e. The average Bonchev–Trinajstić information content (AvgIpc) is 2.41. The third-order valence-electron chi connectivity index (χ3n) is 3.78. The van der Waals surface area contributed by atoms with Gasteiger partial charge in [0.1, 0.15) is 11.5 Å². The Morgan fingerprint density at radius 2 is 1.83 bits per heavy atom. The second-order valence-electron chi connectivity index (χ2n) is 5.11. The Hall–Kier alpha value is -1.35. The number of methoxy groups -OCH3 is 1. The van der Waals surface area contributed by atoms with Gasteiger partial charge < -0.3 is 9.84 Å². The number of hydrogen-bond donors (Lipinski definition) is 1. The highest BCUT2D eigenvalue weighted by molar-refractivity contribution is 5.79. The number of hydrogen-bond acceptors (Lipinski definition) is 3. The van der Waals surface area contributed by atoms with Gasteiger partial charge in [0.2, 0.25) is 0 Å². The van der Waals surface area contributed by atoms with E-state index >= 15 is 0 Å². The van der Waals surface area contributed by atoms with E-state index < -0.39 is 5.60 Å². The Bertz CT molecular complexity index is 398. The fourth-order valence-corrected chi connectivity index (χ4v) is 2.41. The molecule has 0 heterocycles. The summed E-state index contributed by atoms with van der Waals surface area (Å²) in [6, 6.07) is 7.92. The van der Waals surface area contributed by atoms with Crippen LogP contribution in [-0.2, 0) is 11.2 Å². The quantitative estimate of drug-likeness (QED) is 0.890. The lowest BCUT2D eigenvalue weighted by Gasteiger charge is -2.31. The van der Waals surface area contributed by atoms with E-state index in [-0.39, 0.29) is 5.78 Å². The Morgan fingerprint density at radius 1 is 1.22 bits per heavy atom. The molecule has 1 saturated carbocycles. The molecule has 0 aliphatic heterocycles. The van der Waals surface area contributed by atoms with Crippen LogP contribution >= 0.6 is 0 Å². The van der Waals surface area contributed by atoms with Crippen LogP contribution in [0, 0.1) is 0 Å². The maximum absolute atomic E-state index is 11.2. The average molecular weight is 248 g/mol. The van der Waals surface area contributed by atoms with Crippen molar-refractivity contribution in [3.63, 3.8) is 0 Å². The van der Waals surface area contributed by atoms with Crippen LogP contribution in [0.25, 0.3) is 0 Å². The van der Waals surface area contributed by atoms with E-state index in [1.165, 1.54) is 5.56 Å². The third-order valence-corrected chi connectivity index (χ3v) is 3.78. The van der Waals surface area contributed by atoms with Gasteiger partial charge in [-0.1, -0.05) is 12.1 Å². The number of carbonyl (C=O) groups excluding carboxylic acids is 1. The molecule has 18 heavy (non-hydrogen) atoms. The first-order valence-electron chi connectivity index (χ1n) is 6.48. The molecule has 3 heteroatoms. The summed E-state index contributed by atoms with van der Waals surface area (Å²) in [5.41, 5.74) is 0.550. The van der Waals surface area contributed by atoms with Crippen LogP contribution in [0.1, 0.15) is 37.7 Å². The van der Waals surface area contributed by atoms with Crippen molar-refractivity contribution < 1.29 is 14.6 Å². The largest absolute Gasteiger partial charge is 0.497 e. The van der Waals surface area contributed by atoms with Gasteiger partial charge in [0.25, 0.3) is 0 Å². The first-order valence-corrected chi connectivity index (χ1v) is 6.48. The first kappa shape index (κ1) is 13.1. The van der Waals surface area contributed by atoms with Crippen molar-refractivity contribution in [3.05, 3.63) is 29.8 Å². The SMILES string of the molecule is COc1ccc(CCC2(O)CCC(=O)CC2)cc1. The molecule has 0 saturated heterocycles. The van der Waals surface area contributed by atoms with Gasteiger partial charge in [0.05, 0.1) is 12.7 Å². The van der Waals surface area contributed by atoms with Crippen molar-refractivity contribution in [3.8, 4) is 5.75 Å². The molecule has 0 bridgehead atoms. The molecule has 0 amide bonds. The number of ether oxygens (including phenoxy) is 1. The molecular weight excluding hydrogens is 228 g/mol. The second kappa shape index (κ2) is 5.53. The number of aryl methyl sites for hydroxylation is 1. The molecule has 0 aromatic heterocycles. The van der Waals surface area contributed by atoms with E-state index in [1.54, 1.807) is 7.11 Å². The van der Waals surface area contributed by atoms with E-state index in [0.29, 0.717) is 25.7 Å². The lowest BCUT2D eigenvalue weighted by molar-refractivity contribution is -0.125. The maximum atomic E-state index is 11.2. The van der Waals surface area contributed by atoms with Gasteiger partial charge in [-0.3, -0.25) is 4.79 Å². The minimum Gasteiger partial charge on any atom is -0.497 e. The normalized spacial score (nSPS) is 18.7. The molecule has 1 aromatic rings. The Balaban J connectivity index is 1.88. The van der Waals surface area contributed by atoms with Gasteiger partial charge >= 0.3 is 0 Å². The van der Waals surface area contributed by atoms with Crippen LogP contribution < -0.4 is 4.74 Å². The molecule has 0 unspecified atom stereocenters. The lowest BCUT2D eigenvalue weighted by atomic mass is 9.80. The standard InChI is InChI=1S/C15H20O3/c1-18-14-4-2-12(3-5-14)6-9-15(17)10-7-13(16)8-11-15/h2-5,17H,6-11H2,1H3. The molecule has 1 fully saturated rings. The molecule has 1 aliphatic rings. The summed E-state index contributed by atoms with van der Waals surface area (Å²) in [5, 5.41) is 10.4. The van der Waals surface area contributed by atoms with E-state index in [9.17, 15) is 9.90 Å². The second-order valence-corrected chi connectivity index (χ2v) is 5.11. The van der Waals surface area contributed by atoms with Crippen molar-refractivity contribution in [2.45, 2.75) is 44.1 Å². The molecule has 2 rings (SSSR count). The van der Waals surface area contributed by atoms with Crippen molar-refractivity contribution in [1.82, 2.24) is 0 Å². The van der Waals surface area contributed by atoms with Gasteiger partial charge in [-0.15, -0.1) is 0 Å². The number of benzene rings is 1. The molecular formula is C15H20O3. The Kier molecular flexibility index (Phi) is 4.02. The highest BCUT2D eigenvalue weighted by Crippen LogP contribution is 2.30. The predicted molar refractivity (Wildman–Crippen MR) is 69.7 cm³/mol. The first-order chi connectivity index (χ1) is 8.61. The molecule has 0 spiro atoms. The minimum absolute atomic E-state index is 0.282. The van der Waals surface area contributed by atoms with E-state index in [2.05, 4.69) is 0 Å². The van der Waals surface area contributed by atoms with E-state index in [4.69, 9.17) is 4.74 Å². The smallest absolute Gasteiger partial charge is 0.133 e. The van der Waals surface area contributed by atoms with Crippen LogP contribution in [0.4, 0.5) is 0 Å². The van der Waals surface area contributed by atoms with Crippen molar-refractivity contribution in [1.29, 1.82) is 0 Å². The summed E-state index contributed by atoms with van der Waals surface area (Å²) in [4.78, 5) is 11.2. The molecule has 3 nitrogen and oxygen atoms in total. The third kappa shape index (κ3) is 3.33. The molecule has 1 aliphatic carbocycles. The van der Waals surface area contributed by atoms with Crippen molar-refractivity contribution >= 4 is 5.78 Å². The molecule has 0 radical (unpaired) electrons. The van der Waals surface area contributed by atoms with Gasteiger partial charge in [0.15, 0.2) is 0 Å². The number of ketones is 1. The van der Waals surface area contributed by atoms with E-state index in [1.807, 2.05) is 24.3 Å². The van der Waals surface area contributed by atoms with Crippen molar-refractivity contribution in [2.24, 2.45) is 0 Å². The van der Waals surface area contributed by atoms with Gasteiger partial charge in [-0.25, -0.2) is 0 Å². The summed E-state index contributed by atoms with van der Waals surface area (Å²) in [6.07, 6.45) is 3.85. The summed E-state index contributed by atoms with van der Waals surface area (Å²) in [7, 11) is 1.65. The van der Waals surface area contributed by atoms with Gasteiger partial charge in [0, 0.05) is 12.8 Å². The van der Waals surface area contributed by atoms with Crippen LogP contribution in [0.15, 0.2) is 24.3 Å². The monoisotopic (exact) mass is 248 g/mol. The molecule has 0 atom stereocenters. The van der Waals surface area contributed by atoms with Crippen LogP contribution in [0.5, 0.6) is 5.75 Å². The van der Waals surface area contributed by atoms with Crippen LogP contribution in [0.3, 0.4) is 0 Å². The highest BCUT2D eigenvalue weighted by atomic mass is 16.5. The topological polar surface area (TPSA) is 46.5 Å². The van der Waals surface area contributed by atoms with Crippen LogP contribution in [0.2, 0.25) is 0 Å². The zero-order valence-electron chi connectivity index (χ0n) is 10.8. The summed E-state index contributed by atoms with van der Waals surface area (Å²) < 4.78 is 5.11. The summed E-state index contributed by atoms with van der Waals surface area (Å²) in [5.74, 6) is 1.13. The Morgan fingerprint density at radius 3 is 2.39 bits per heavy atom. The van der Waals surface area contributed by atoms with E-state index in [0.717, 1.165) is 18.6 Å². The number of aliphatic hydroxyl groups is 1. The predicted octanol–water partition coefficient (Wildman–Crippen LogP) is 2.50. The number of Topliss-reactive ketones (excluding diaryl/α,β-unsaturated/α-hetero) is 1. The summed E-state index contributed by atoms with van der Waals surface area (Å²) >= 11 is 0. The zero-order chi connectivity index (χ0) is 13.0. The number of rotatable bonds is 4. The lowest BCUT2D eigenvalue weighted by Crippen LogP contribution is -2.34. The minimum atomic E-state index is -0.645. The molecule has 98 valence electrons. The van der Waals surface area contributed by atoms with Gasteiger partial charge in [-0.2, -0.15) is 0 Å². The number of carbonyl (C=O) groups is 1. The van der Waals surface area contributed by atoms with Crippen molar-refractivity contribution in [2.75, 3.05) is 7.11 Å². The highest BCUT2D eigenvalue weighted by Gasteiger charge is 2.31. The molecule has 1 aromatic carbocycles. The summed E-state index contributed by atoms with van der Waals surface area (Å²) in [6.45, 7) is 0. The van der Waals surface area contributed by atoms with Crippen LogP contribution in [-0.4, -0.2) is 23.6 Å². The van der Waals surface area contributed by atoms with Gasteiger partial charge in [-0.05, 0) is 43.4 Å². The zero-order valence-corrected chi connectivity index (χ0v) is 10.8. The fraction of sp³-hybridized carbons (Fsp3) is 0.533. The molecule has 1 N–H and O–H groups in total. The Labute approximate surface area is 108 Å². The fourth-order valence-electron chi connectivity index (χ4n) is 2.41.